The van der Waals surface area contributed by atoms with E-state index in [1.54, 1.807) is 21.1 Å². The molecule has 0 aliphatic carbocycles. The number of esters is 2. The molecule has 59 heavy (non-hydrogen) atoms. The van der Waals surface area contributed by atoms with E-state index in [4.69, 9.17) is 14.2 Å². The van der Waals surface area contributed by atoms with Crippen LogP contribution in [0.25, 0.3) is 0 Å². The van der Waals surface area contributed by atoms with E-state index in [1.165, 1.54) is 12.8 Å². The van der Waals surface area contributed by atoms with Gasteiger partial charge in [-0.1, -0.05) is 143 Å². The van der Waals surface area contributed by atoms with E-state index in [0.717, 1.165) is 109 Å². The Morgan fingerprint density at radius 3 is 1.34 bits per heavy atom. The lowest BCUT2D eigenvalue weighted by Gasteiger charge is -2.34. The highest BCUT2D eigenvalue weighted by Crippen LogP contribution is 2.12. The first-order valence-corrected chi connectivity index (χ1v) is 22.8. The Kier molecular flexibility index (Phi) is 38.4. The molecule has 0 bridgehead atoms. The number of quaternary nitrogens is 1. The third kappa shape index (κ3) is 39.5. The topological polar surface area (TPSA) is 102 Å². The van der Waals surface area contributed by atoms with Crippen LogP contribution in [0.3, 0.4) is 0 Å². The average molecular weight is 822 g/mol. The Balaban J connectivity index is 4.43. The van der Waals surface area contributed by atoms with Crippen molar-refractivity contribution in [2.75, 3.05) is 41.0 Å². The highest BCUT2D eigenvalue weighted by atomic mass is 16.6. The summed E-state index contributed by atoms with van der Waals surface area (Å²) in [6.07, 6.45) is 54.3. The van der Waals surface area contributed by atoms with E-state index in [9.17, 15) is 19.5 Å². The van der Waals surface area contributed by atoms with Crippen molar-refractivity contribution in [2.24, 2.45) is 0 Å². The molecule has 8 nitrogen and oxygen atoms in total. The van der Waals surface area contributed by atoms with Crippen molar-refractivity contribution in [3.63, 3.8) is 0 Å². The van der Waals surface area contributed by atoms with Gasteiger partial charge in [0.2, 0.25) is 0 Å². The number of carboxylic acid groups (broad SMARTS) is 1. The third-order valence-corrected chi connectivity index (χ3v) is 9.47. The second kappa shape index (κ2) is 41.0. The van der Waals surface area contributed by atoms with Gasteiger partial charge in [-0.3, -0.25) is 9.59 Å². The molecule has 0 fully saturated rings. The molecular weight excluding hydrogens is 739 g/mol. The fourth-order valence-corrected chi connectivity index (χ4v) is 5.99. The minimum Gasteiger partial charge on any atom is -0.544 e. The number of hydrogen-bond acceptors (Lipinski definition) is 7. The zero-order valence-corrected chi connectivity index (χ0v) is 37.9. The van der Waals surface area contributed by atoms with Crippen LogP contribution in [0.2, 0.25) is 0 Å². The van der Waals surface area contributed by atoms with Crippen molar-refractivity contribution in [3.8, 4) is 0 Å². The number of rotatable bonds is 39. The molecule has 2 unspecified atom stereocenters. The molecule has 0 radical (unpaired) electrons. The molecule has 2 atom stereocenters. The molecule has 0 aromatic rings. The first-order chi connectivity index (χ1) is 28.6. The molecule has 0 saturated heterocycles. The molecule has 334 valence electrons. The number of carbonyl (C=O) groups excluding carboxylic acids is 3. The molecule has 0 aromatic carbocycles. The van der Waals surface area contributed by atoms with Crippen LogP contribution in [0.1, 0.15) is 155 Å². The highest BCUT2D eigenvalue weighted by Gasteiger charge is 2.25. The molecule has 0 aromatic heterocycles. The quantitative estimate of drug-likeness (QED) is 0.0263. The lowest BCUT2D eigenvalue weighted by atomic mass is 10.1. The van der Waals surface area contributed by atoms with Gasteiger partial charge in [0.25, 0.3) is 0 Å². The Labute approximate surface area is 360 Å². The SMILES string of the molecule is CC/C=C/C/C=C/C/C=C/C/C=C/CCCCCCCCC(=O)OC(COCCC(C(=O)[O-])[N+](C)(C)C)COC(=O)CCCCC/C=C/C/C=C/C/C=C/C/C=C/CC. The largest absolute Gasteiger partial charge is 0.544 e. The number of carbonyl (C=O) groups is 3. The summed E-state index contributed by atoms with van der Waals surface area (Å²) in [5.74, 6) is -1.81. The first-order valence-electron chi connectivity index (χ1n) is 22.8. The van der Waals surface area contributed by atoms with Crippen molar-refractivity contribution in [1.29, 1.82) is 0 Å². The van der Waals surface area contributed by atoms with Crippen LogP contribution >= 0.6 is 0 Å². The van der Waals surface area contributed by atoms with Gasteiger partial charge in [0.1, 0.15) is 12.6 Å². The molecular formula is C51H83NO7. The predicted octanol–water partition coefficient (Wildman–Crippen LogP) is 11.4. The van der Waals surface area contributed by atoms with E-state index >= 15 is 0 Å². The molecule has 0 rings (SSSR count). The molecule has 0 N–H and O–H groups in total. The van der Waals surface area contributed by atoms with Crippen LogP contribution in [0, 0.1) is 0 Å². The van der Waals surface area contributed by atoms with Crippen molar-refractivity contribution in [2.45, 2.75) is 167 Å². The summed E-state index contributed by atoms with van der Waals surface area (Å²) in [5, 5.41) is 11.6. The highest BCUT2D eigenvalue weighted by molar-refractivity contribution is 5.70. The van der Waals surface area contributed by atoms with Gasteiger partial charge < -0.3 is 28.6 Å². The van der Waals surface area contributed by atoms with Crippen LogP contribution in [-0.4, -0.2) is 75.5 Å². The van der Waals surface area contributed by atoms with Crippen LogP contribution in [-0.2, 0) is 28.6 Å². The second-order valence-corrected chi connectivity index (χ2v) is 15.9. The summed E-state index contributed by atoms with van der Waals surface area (Å²) in [5.41, 5.74) is 0. The van der Waals surface area contributed by atoms with Crippen molar-refractivity contribution in [3.05, 3.63) is 97.2 Å². The number of aliphatic carboxylic acids is 1. The lowest BCUT2D eigenvalue weighted by Crippen LogP contribution is -2.55. The average Bonchev–Trinajstić information content (AvgIpc) is 3.19. The number of nitrogens with zero attached hydrogens (tertiary/aromatic N) is 1. The predicted molar refractivity (Wildman–Crippen MR) is 245 cm³/mol. The summed E-state index contributed by atoms with van der Waals surface area (Å²) in [6.45, 7) is 4.36. The van der Waals surface area contributed by atoms with Gasteiger partial charge in [-0.05, 0) is 89.9 Å². The van der Waals surface area contributed by atoms with Crippen LogP contribution < -0.4 is 5.11 Å². The Hall–Kier alpha value is -3.75. The number of allylic oxidation sites excluding steroid dienone is 16. The normalized spacial score (nSPS) is 13.8. The number of likely N-dealkylation sites (N-methyl/N-ethyl adjacent to an activating group) is 1. The van der Waals surface area contributed by atoms with Crippen molar-refractivity contribution >= 4 is 17.9 Å². The summed E-state index contributed by atoms with van der Waals surface area (Å²) in [6, 6.07) is -0.739. The van der Waals surface area contributed by atoms with Gasteiger partial charge in [-0.2, -0.15) is 0 Å². The van der Waals surface area contributed by atoms with E-state index in [-0.39, 0.29) is 42.7 Å². The maximum atomic E-state index is 12.7. The molecule has 0 saturated carbocycles. The second-order valence-electron chi connectivity index (χ2n) is 15.9. The summed E-state index contributed by atoms with van der Waals surface area (Å²) in [4.78, 5) is 36.9. The first kappa shape index (κ1) is 55.2. The molecule has 8 heteroatoms. The minimum absolute atomic E-state index is 0.0179. The zero-order valence-electron chi connectivity index (χ0n) is 37.9. The monoisotopic (exact) mass is 822 g/mol. The summed E-state index contributed by atoms with van der Waals surface area (Å²) >= 11 is 0. The van der Waals surface area contributed by atoms with Crippen LogP contribution in [0.15, 0.2) is 97.2 Å². The Morgan fingerprint density at radius 1 is 0.508 bits per heavy atom. The summed E-state index contributed by atoms with van der Waals surface area (Å²) < 4.78 is 17.1. The summed E-state index contributed by atoms with van der Waals surface area (Å²) in [7, 11) is 5.38. The van der Waals surface area contributed by atoms with Gasteiger partial charge >= 0.3 is 11.9 Å². The molecule has 0 aliphatic heterocycles. The fourth-order valence-electron chi connectivity index (χ4n) is 5.99. The van der Waals surface area contributed by atoms with Crippen molar-refractivity contribution in [1.82, 2.24) is 0 Å². The van der Waals surface area contributed by atoms with E-state index in [0.29, 0.717) is 12.8 Å². The zero-order chi connectivity index (χ0) is 43.5. The molecule has 0 spiro atoms. The molecule has 0 heterocycles. The van der Waals surface area contributed by atoms with Gasteiger partial charge in [-0.25, -0.2) is 0 Å². The van der Waals surface area contributed by atoms with E-state index in [2.05, 4.69) is 111 Å². The van der Waals surface area contributed by atoms with Gasteiger partial charge in [0, 0.05) is 19.3 Å². The number of ether oxygens (including phenoxy) is 3. The smallest absolute Gasteiger partial charge is 0.306 e. The Bertz CT molecular complexity index is 1280. The Morgan fingerprint density at radius 2 is 0.898 bits per heavy atom. The van der Waals surface area contributed by atoms with Gasteiger partial charge in [-0.15, -0.1) is 0 Å². The van der Waals surface area contributed by atoms with Gasteiger partial charge in [0.05, 0.1) is 40.3 Å². The lowest BCUT2D eigenvalue weighted by molar-refractivity contribution is -0.889. The molecule has 0 aliphatic rings. The van der Waals surface area contributed by atoms with E-state index in [1.807, 2.05) is 0 Å². The van der Waals surface area contributed by atoms with Crippen LogP contribution in [0.4, 0.5) is 0 Å². The minimum atomic E-state index is -1.14. The third-order valence-electron chi connectivity index (χ3n) is 9.47. The van der Waals surface area contributed by atoms with Crippen molar-refractivity contribution < 1.29 is 38.2 Å². The van der Waals surface area contributed by atoms with E-state index < -0.39 is 18.1 Å². The standard InChI is InChI=1S/C51H83NO7/c1-6-8-10-12-14-16-18-20-22-24-25-26-28-30-32-34-36-38-40-42-50(54)59-47(45-57-44-43-48(51(55)56)52(3,4)5)46-58-49(53)41-39-37-35-33-31-29-27-23-21-19-17-15-13-11-9-7-2/h8-11,14-17,20-23,25-26,29,31,47-48H,6-7,12-13,18-19,24,27-28,30,32-46H2,1-5H3/b10-8+,11-9+,16-14+,17-15+,22-20+,23-21+,26-25+,31-29+. The number of hydrogen-bond donors (Lipinski definition) is 0. The molecule has 0 amide bonds. The number of carboxylic acids is 1. The fraction of sp³-hybridized carbons (Fsp3) is 0.627. The van der Waals surface area contributed by atoms with Gasteiger partial charge in [0.15, 0.2) is 6.10 Å². The van der Waals surface area contributed by atoms with Crippen LogP contribution in [0.5, 0.6) is 0 Å². The maximum absolute atomic E-state index is 12.7. The maximum Gasteiger partial charge on any atom is 0.306 e. The number of unbranched alkanes of at least 4 members (excludes halogenated alkanes) is 9.